The normalized spacial score (nSPS) is 14.4. The van der Waals surface area contributed by atoms with E-state index in [1.54, 1.807) is 0 Å². The van der Waals surface area contributed by atoms with Gasteiger partial charge in [0.15, 0.2) is 5.82 Å². The molecule has 0 N–H and O–H groups in total. The maximum atomic E-state index is 14.0. The van der Waals surface area contributed by atoms with Crippen molar-refractivity contribution in [3.8, 4) is 78.4 Å². The lowest BCUT2D eigenvalue weighted by molar-refractivity contribution is 0.591. The van der Waals surface area contributed by atoms with Crippen molar-refractivity contribution < 1.29 is 4.57 Å². The highest BCUT2D eigenvalue weighted by molar-refractivity contribution is 7.79. The minimum atomic E-state index is -2.65. The van der Waals surface area contributed by atoms with Crippen LogP contribution in [0, 0.1) is 0 Å². The summed E-state index contributed by atoms with van der Waals surface area (Å²) in [4.78, 5) is 10.2. The zero-order chi connectivity index (χ0) is 36.9. The minimum absolute atomic E-state index is 0.688. The van der Waals surface area contributed by atoms with Crippen LogP contribution in [-0.4, -0.2) is 16.6 Å². The number of aromatic nitrogens is 2. The Morgan fingerprint density at radius 1 is 0.382 bits per heavy atom. The van der Waals surface area contributed by atoms with E-state index in [1.165, 1.54) is 21.9 Å². The largest absolute Gasteiger partial charge is 0.314 e. The second-order valence-corrected chi connectivity index (χ2v) is 17.0. The zero-order valence-electron chi connectivity index (χ0n) is 30.2. The molecule has 0 spiro atoms. The van der Waals surface area contributed by atoms with Crippen molar-refractivity contribution in [1.29, 1.82) is 0 Å². The first-order chi connectivity index (χ1) is 27.0. The van der Waals surface area contributed by atoms with Crippen molar-refractivity contribution in [1.82, 2.24) is 9.97 Å². The van der Waals surface area contributed by atoms with Crippen molar-refractivity contribution >= 4 is 28.5 Å². The van der Waals surface area contributed by atoms with E-state index >= 15 is 0 Å². The number of hydrogen-bond donors (Lipinski definition) is 0. The van der Waals surface area contributed by atoms with E-state index in [2.05, 4.69) is 152 Å². The van der Waals surface area contributed by atoms with Crippen molar-refractivity contribution in [2.24, 2.45) is 0 Å². The molecule has 0 bridgehead atoms. The van der Waals surface area contributed by atoms with Crippen LogP contribution in [0.2, 0.25) is 0 Å². The van der Waals surface area contributed by atoms with Crippen LogP contribution in [0.25, 0.3) is 89.2 Å². The van der Waals surface area contributed by atoms with Gasteiger partial charge in [-0.1, -0.05) is 170 Å². The molecule has 3 nitrogen and oxygen atoms in total. The molecule has 260 valence electrons. The van der Waals surface area contributed by atoms with Crippen molar-refractivity contribution in [3.05, 3.63) is 194 Å². The predicted octanol–water partition coefficient (Wildman–Crippen LogP) is 12.6. The first-order valence-corrected chi connectivity index (χ1v) is 20.7. The van der Waals surface area contributed by atoms with E-state index in [9.17, 15) is 4.57 Å². The van der Waals surface area contributed by atoms with Gasteiger partial charge in [0.05, 0.1) is 11.4 Å². The van der Waals surface area contributed by atoms with E-state index < -0.39 is 7.14 Å². The molecule has 2 heterocycles. The van der Waals surface area contributed by atoms with Gasteiger partial charge in [0, 0.05) is 27.3 Å². The summed E-state index contributed by atoms with van der Waals surface area (Å²) in [6.07, 6.45) is 0. The highest BCUT2D eigenvalue weighted by Crippen LogP contribution is 2.51. The number of benzene rings is 8. The van der Waals surface area contributed by atoms with Crippen LogP contribution >= 0.6 is 7.14 Å². The summed E-state index contributed by atoms with van der Waals surface area (Å²) in [7, 11) is -2.65. The van der Waals surface area contributed by atoms with Gasteiger partial charge in [0.25, 0.3) is 0 Å². The smallest absolute Gasteiger partial charge is 0.160 e. The van der Waals surface area contributed by atoms with E-state index in [0.717, 1.165) is 72.1 Å². The number of rotatable bonds is 6. The number of nitrogens with zero attached hydrogens (tertiary/aromatic N) is 2. The van der Waals surface area contributed by atoms with Crippen LogP contribution in [0.15, 0.2) is 194 Å². The molecule has 55 heavy (non-hydrogen) atoms. The Labute approximate surface area is 321 Å². The molecule has 1 aliphatic rings. The van der Waals surface area contributed by atoms with Gasteiger partial charge in [-0.15, -0.1) is 0 Å². The third-order valence-electron chi connectivity index (χ3n) is 10.8. The van der Waals surface area contributed by atoms with Gasteiger partial charge >= 0.3 is 0 Å². The molecular weight excluding hydrogens is 688 g/mol. The second kappa shape index (κ2) is 13.3. The van der Waals surface area contributed by atoms with Gasteiger partial charge in [-0.2, -0.15) is 0 Å². The number of fused-ring (bicyclic) bond motifs is 4. The van der Waals surface area contributed by atoms with Gasteiger partial charge in [-0.3, -0.25) is 0 Å². The predicted molar refractivity (Wildman–Crippen MR) is 230 cm³/mol. The molecule has 0 radical (unpaired) electrons. The molecular formula is C51H35N2OP. The molecule has 0 fully saturated rings. The van der Waals surface area contributed by atoms with Crippen molar-refractivity contribution in [2.45, 2.75) is 0 Å². The summed E-state index contributed by atoms with van der Waals surface area (Å²) in [6, 6.07) is 67.7. The monoisotopic (exact) mass is 722 g/mol. The Morgan fingerprint density at radius 2 is 0.982 bits per heavy atom. The third kappa shape index (κ3) is 5.81. The SMILES string of the molecule is CP1(=O)c2ccccc2-c2cc(-c3ccc4ccccc4c3-c3ccc(-c4cc(-c5cccc(-c6ccccc6)c5)nc(-c5ccccc5)n4)cc3)ccc21. The summed E-state index contributed by atoms with van der Waals surface area (Å²) in [5, 5.41) is 4.25. The molecule has 0 saturated heterocycles. The van der Waals surface area contributed by atoms with Crippen LogP contribution in [0.5, 0.6) is 0 Å². The number of hydrogen-bond acceptors (Lipinski definition) is 3. The Kier molecular flexibility index (Phi) is 7.98. The lowest BCUT2D eigenvalue weighted by Crippen LogP contribution is -2.07. The molecule has 0 aliphatic carbocycles. The third-order valence-corrected chi connectivity index (χ3v) is 13.5. The van der Waals surface area contributed by atoms with Gasteiger partial charge in [-0.25, -0.2) is 9.97 Å². The minimum Gasteiger partial charge on any atom is -0.314 e. The van der Waals surface area contributed by atoms with E-state index in [-0.39, 0.29) is 0 Å². The molecule has 10 rings (SSSR count). The first kappa shape index (κ1) is 32.9. The van der Waals surface area contributed by atoms with Gasteiger partial charge in [-0.05, 0) is 86.2 Å². The summed E-state index contributed by atoms with van der Waals surface area (Å²) in [5.74, 6) is 0.688. The molecule has 4 heteroatoms. The Morgan fingerprint density at radius 3 is 1.78 bits per heavy atom. The fourth-order valence-electron chi connectivity index (χ4n) is 8.07. The molecule has 9 aromatic rings. The summed E-state index contributed by atoms with van der Waals surface area (Å²) in [5.41, 5.74) is 13.7. The van der Waals surface area contributed by atoms with Gasteiger partial charge in [0.2, 0.25) is 0 Å². The van der Waals surface area contributed by atoms with Crippen molar-refractivity contribution in [2.75, 3.05) is 6.66 Å². The highest BCUT2D eigenvalue weighted by Gasteiger charge is 2.34. The van der Waals surface area contributed by atoms with E-state index in [0.29, 0.717) is 5.82 Å². The summed E-state index contributed by atoms with van der Waals surface area (Å²) >= 11 is 0. The average molecular weight is 723 g/mol. The van der Waals surface area contributed by atoms with Crippen LogP contribution in [0.3, 0.4) is 0 Å². The Hall–Kier alpha value is -6.67. The summed E-state index contributed by atoms with van der Waals surface area (Å²) < 4.78 is 14.0. The molecule has 1 atom stereocenters. The van der Waals surface area contributed by atoms with E-state index in [1.807, 2.05) is 49.1 Å². The average Bonchev–Trinajstić information content (AvgIpc) is 3.49. The maximum absolute atomic E-state index is 14.0. The van der Waals surface area contributed by atoms with Crippen LogP contribution in [0.1, 0.15) is 0 Å². The highest BCUT2D eigenvalue weighted by atomic mass is 31.2. The fraction of sp³-hybridized carbons (Fsp3) is 0.0196. The standard InChI is InChI=1S/C51H35N2OP/c1-55(54)48-22-11-10-21-44(48)45-32-40(28-30-49(45)55)43-29-27-35-15-8-9-20-42(35)50(43)37-25-23-36(24-26-37)46-33-47(53-51(52-46)38-16-6-3-7-17-38)41-19-12-18-39(31-41)34-13-4-2-5-14-34/h2-33H,1H3. The molecule has 1 aliphatic heterocycles. The second-order valence-electron chi connectivity index (χ2n) is 14.2. The quantitative estimate of drug-likeness (QED) is 0.161. The van der Waals surface area contributed by atoms with Gasteiger partial charge in [0.1, 0.15) is 7.14 Å². The van der Waals surface area contributed by atoms with Crippen LogP contribution in [-0.2, 0) is 4.57 Å². The van der Waals surface area contributed by atoms with Crippen LogP contribution < -0.4 is 10.6 Å². The fourth-order valence-corrected chi connectivity index (χ4v) is 10.4. The van der Waals surface area contributed by atoms with Crippen LogP contribution in [0.4, 0.5) is 0 Å². The maximum Gasteiger partial charge on any atom is 0.160 e. The molecule has 1 unspecified atom stereocenters. The molecule has 0 saturated carbocycles. The lowest BCUT2D eigenvalue weighted by atomic mass is 9.88. The first-order valence-electron chi connectivity index (χ1n) is 18.6. The van der Waals surface area contributed by atoms with E-state index in [4.69, 9.17) is 9.97 Å². The van der Waals surface area contributed by atoms with Gasteiger partial charge < -0.3 is 4.57 Å². The Balaban J connectivity index is 1.09. The topological polar surface area (TPSA) is 42.9 Å². The molecule has 1 aromatic heterocycles. The summed E-state index contributed by atoms with van der Waals surface area (Å²) in [6.45, 7) is 1.89. The van der Waals surface area contributed by atoms with Crippen molar-refractivity contribution in [3.63, 3.8) is 0 Å². The Bertz CT molecular complexity index is 2960. The zero-order valence-corrected chi connectivity index (χ0v) is 31.1. The molecule has 8 aromatic carbocycles. The molecule has 0 amide bonds. The lowest BCUT2D eigenvalue weighted by Gasteiger charge is -2.16.